The normalized spacial score (nSPS) is 14.0. The molecule has 0 aliphatic heterocycles. The zero-order valence-corrected chi connectivity index (χ0v) is 21.9. The summed E-state index contributed by atoms with van der Waals surface area (Å²) in [6.45, 7) is 12.7. The Morgan fingerprint density at radius 1 is 1.14 bits per heavy atom. The maximum atomic E-state index is 13.5. The Hall–Kier alpha value is -3.15. The molecule has 1 aliphatic rings. The van der Waals surface area contributed by atoms with E-state index in [0.717, 1.165) is 46.0 Å². The second kappa shape index (κ2) is 11.5. The lowest BCUT2D eigenvalue weighted by Crippen LogP contribution is -2.30. The maximum absolute atomic E-state index is 13.5. The average molecular weight is 479 g/mol. The minimum atomic E-state index is -0.247. The van der Waals surface area contributed by atoms with Crippen LogP contribution in [0, 0.1) is 6.92 Å². The zero-order valence-electron chi connectivity index (χ0n) is 21.9. The standard InChI is InChI=1S/C29H38N2O4/c1-7-9-22-12-19(5)13-26(32)24(22)16-30-29(34)23-14-21(10-11-27(33)35-8-2)15-25-28(23)20(6)17-31(25)18(3)4/h12,14-15,17-18H,7-11,13,16H2,1-6H3,(H,30,34). The predicted octanol–water partition coefficient (Wildman–Crippen LogP) is 5.77. The number of fused-ring (bicyclic) bond motifs is 1. The van der Waals surface area contributed by atoms with Crippen LogP contribution in [0.4, 0.5) is 0 Å². The van der Waals surface area contributed by atoms with Crippen molar-refractivity contribution in [3.63, 3.8) is 0 Å². The number of Topliss-reactive ketones (excluding diaryl/α,β-unsaturated/α-hetero) is 1. The Kier molecular flexibility index (Phi) is 8.71. The second-order valence-corrected chi connectivity index (χ2v) is 9.68. The molecule has 1 N–H and O–H groups in total. The molecule has 2 aromatic rings. The fraction of sp³-hybridized carbons (Fsp3) is 0.483. The van der Waals surface area contributed by atoms with Crippen molar-refractivity contribution in [1.82, 2.24) is 9.88 Å². The molecule has 0 fully saturated rings. The van der Waals surface area contributed by atoms with Crippen LogP contribution in [-0.2, 0) is 20.7 Å². The Labute approximate surface area is 208 Å². The van der Waals surface area contributed by atoms with Crippen molar-refractivity contribution >= 4 is 28.6 Å². The first-order chi connectivity index (χ1) is 16.7. The number of amides is 1. The van der Waals surface area contributed by atoms with Crippen molar-refractivity contribution in [1.29, 1.82) is 0 Å². The minimum Gasteiger partial charge on any atom is -0.466 e. The molecule has 188 valence electrons. The van der Waals surface area contributed by atoms with Crippen LogP contribution in [0.5, 0.6) is 0 Å². The number of nitrogens with one attached hydrogen (secondary N) is 1. The van der Waals surface area contributed by atoms with Gasteiger partial charge in [0, 0.05) is 53.7 Å². The summed E-state index contributed by atoms with van der Waals surface area (Å²) in [5, 5.41) is 3.93. The summed E-state index contributed by atoms with van der Waals surface area (Å²) in [4.78, 5) is 38.2. The van der Waals surface area contributed by atoms with E-state index in [2.05, 4.69) is 49.0 Å². The van der Waals surface area contributed by atoms with E-state index in [1.165, 1.54) is 0 Å². The molecule has 1 aromatic carbocycles. The van der Waals surface area contributed by atoms with Crippen molar-refractivity contribution in [2.75, 3.05) is 13.2 Å². The number of ketones is 1. The molecule has 0 bridgehead atoms. The number of hydrogen-bond donors (Lipinski definition) is 1. The van der Waals surface area contributed by atoms with Crippen LogP contribution >= 0.6 is 0 Å². The van der Waals surface area contributed by atoms with Gasteiger partial charge in [-0.15, -0.1) is 0 Å². The number of hydrogen-bond acceptors (Lipinski definition) is 4. The first-order valence-electron chi connectivity index (χ1n) is 12.7. The number of aryl methyl sites for hydroxylation is 2. The average Bonchev–Trinajstić information content (AvgIpc) is 3.13. The van der Waals surface area contributed by atoms with Crippen LogP contribution in [0.3, 0.4) is 0 Å². The number of ether oxygens (including phenoxy) is 1. The number of benzene rings is 1. The molecule has 0 saturated heterocycles. The van der Waals surface area contributed by atoms with Gasteiger partial charge in [-0.25, -0.2) is 0 Å². The van der Waals surface area contributed by atoms with Gasteiger partial charge in [-0.05, 0) is 76.3 Å². The number of nitrogens with zero attached hydrogens (tertiary/aromatic N) is 1. The van der Waals surface area contributed by atoms with Crippen molar-refractivity contribution in [3.05, 3.63) is 57.8 Å². The highest BCUT2D eigenvalue weighted by molar-refractivity contribution is 6.09. The third-order valence-electron chi connectivity index (χ3n) is 6.44. The Morgan fingerprint density at radius 3 is 2.54 bits per heavy atom. The highest BCUT2D eigenvalue weighted by atomic mass is 16.5. The molecule has 0 saturated carbocycles. The van der Waals surface area contributed by atoms with E-state index in [1.54, 1.807) is 6.92 Å². The van der Waals surface area contributed by atoms with Gasteiger partial charge in [-0.2, -0.15) is 0 Å². The molecular formula is C29H38N2O4. The van der Waals surface area contributed by atoms with Crippen molar-refractivity contribution in [2.24, 2.45) is 0 Å². The van der Waals surface area contributed by atoms with Crippen LogP contribution in [0.1, 0.15) is 87.8 Å². The van der Waals surface area contributed by atoms with Crippen LogP contribution in [0.15, 0.2) is 41.1 Å². The van der Waals surface area contributed by atoms with E-state index in [-0.39, 0.29) is 36.7 Å². The van der Waals surface area contributed by atoms with E-state index in [9.17, 15) is 14.4 Å². The number of esters is 1. The quantitative estimate of drug-likeness (QED) is 0.440. The van der Waals surface area contributed by atoms with Gasteiger partial charge in [0.15, 0.2) is 5.78 Å². The summed E-state index contributed by atoms with van der Waals surface area (Å²) in [5.74, 6) is -0.368. The van der Waals surface area contributed by atoms with Gasteiger partial charge < -0.3 is 14.6 Å². The largest absolute Gasteiger partial charge is 0.466 e. The fourth-order valence-corrected chi connectivity index (χ4v) is 4.82. The Morgan fingerprint density at radius 2 is 1.89 bits per heavy atom. The first-order valence-corrected chi connectivity index (χ1v) is 12.7. The van der Waals surface area contributed by atoms with Crippen molar-refractivity contribution in [3.8, 4) is 0 Å². The first kappa shape index (κ1) is 26.5. The van der Waals surface area contributed by atoms with Gasteiger partial charge in [-0.1, -0.05) is 25.0 Å². The number of aromatic nitrogens is 1. The number of carbonyl (C=O) groups excluding carboxylic acids is 3. The molecular weight excluding hydrogens is 440 g/mol. The molecule has 0 atom stereocenters. The topological polar surface area (TPSA) is 77.4 Å². The van der Waals surface area contributed by atoms with E-state index in [4.69, 9.17) is 4.74 Å². The van der Waals surface area contributed by atoms with Crippen LogP contribution in [-0.4, -0.2) is 35.4 Å². The van der Waals surface area contributed by atoms with Gasteiger partial charge in [0.2, 0.25) is 0 Å². The minimum absolute atomic E-state index is 0.0872. The monoisotopic (exact) mass is 478 g/mol. The molecule has 1 aliphatic carbocycles. The molecule has 0 unspecified atom stereocenters. The van der Waals surface area contributed by atoms with Crippen molar-refractivity contribution < 1.29 is 19.1 Å². The van der Waals surface area contributed by atoms with Crippen LogP contribution < -0.4 is 5.32 Å². The molecule has 3 rings (SSSR count). The number of allylic oxidation sites excluding steroid dienone is 3. The summed E-state index contributed by atoms with van der Waals surface area (Å²) < 4.78 is 7.25. The summed E-state index contributed by atoms with van der Waals surface area (Å²) in [7, 11) is 0. The predicted molar refractivity (Wildman–Crippen MR) is 140 cm³/mol. The molecule has 0 radical (unpaired) electrons. The van der Waals surface area contributed by atoms with E-state index >= 15 is 0 Å². The van der Waals surface area contributed by atoms with Gasteiger partial charge >= 0.3 is 5.97 Å². The van der Waals surface area contributed by atoms with Gasteiger partial charge in [0.05, 0.1) is 6.61 Å². The highest BCUT2D eigenvalue weighted by Gasteiger charge is 2.22. The molecule has 1 amide bonds. The lowest BCUT2D eigenvalue weighted by atomic mass is 9.89. The Balaban J connectivity index is 1.96. The molecule has 6 nitrogen and oxygen atoms in total. The molecule has 1 heterocycles. The lowest BCUT2D eigenvalue weighted by molar-refractivity contribution is -0.143. The summed E-state index contributed by atoms with van der Waals surface area (Å²) in [5.41, 5.74) is 6.28. The maximum Gasteiger partial charge on any atom is 0.306 e. The lowest BCUT2D eigenvalue weighted by Gasteiger charge is -2.19. The second-order valence-electron chi connectivity index (χ2n) is 9.68. The molecule has 0 spiro atoms. The smallest absolute Gasteiger partial charge is 0.306 e. The van der Waals surface area contributed by atoms with E-state index in [1.807, 2.05) is 19.9 Å². The third kappa shape index (κ3) is 6.11. The highest BCUT2D eigenvalue weighted by Crippen LogP contribution is 2.30. The van der Waals surface area contributed by atoms with E-state index in [0.29, 0.717) is 30.6 Å². The molecule has 6 heteroatoms. The SMILES string of the molecule is CCCC1=C(CNC(=O)c2cc(CCC(=O)OCC)cc3c2c(C)cn3C(C)C)C(=O)CC(C)=C1. The van der Waals surface area contributed by atoms with E-state index < -0.39 is 0 Å². The van der Waals surface area contributed by atoms with Gasteiger partial charge in [0.1, 0.15) is 0 Å². The number of carbonyl (C=O) groups is 3. The third-order valence-corrected chi connectivity index (χ3v) is 6.44. The van der Waals surface area contributed by atoms with Crippen LogP contribution in [0.25, 0.3) is 10.9 Å². The fourth-order valence-electron chi connectivity index (χ4n) is 4.82. The molecule has 35 heavy (non-hydrogen) atoms. The van der Waals surface area contributed by atoms with Crippen molar-refractivity contribution in [2.45, 2.75) is 79.7 Å². The van der Waals surface area contributed by atoms with Gasteiger partial charge in [-0.3, -0.25) is 14.4 Å². The molecule has 1 aromatic heterocycles. The zero-order chi connectivity index (χ0) is 25.7. The summed E-state index contributed by atoms with van der Waals surface area (Å²) in [6.07, 6.45) is 7.07. The summed E-state index contributed by atoms with van der Waals surface area (Å²) >= 11 is 0. The Bertz CT molecular complexity index is 1200. The number of rotatable bonds is 10. The van der Waals surface area contributed by atoms with Gasteiger partial charge in [0.25, 0.3) is 5.91 Å². The summed E-state index contributed by atoms with van der Waals surface area (Å²) in [6, 6.07) is 4.17. The van der Waals surface area contributed by atoms with Crippen LogP contribution in [0.2, 0.25) is 0 Å².